The molecular formula is C15H18N2OS. The van der Waals surface area contributed by atoms with Crippen LogP contribution in [0.15, 0.2) is 41.8 Å². The molecule has 0 aliphatic heterocycles. The van der Waals surface area contributed by atoms with E-state index in [0.29, 0.717) is 0 Å². The van der Waals surface area contributed by atoms with Gasteiger partial charge in [0, 0.05) is 17.1 Å². The van der Waals surface area contributed by atoms with Gasteiger partial charge in [0.05, 0.1) is 5.92 Å². The van der Waals surface area contributed by atoms with Gasteiger partial charge in [-0.2, -0.15) is 0 Å². The first-order valence-corrected chi connectivity index (χ1v) is 7.17. The lowest BCUT2D eigenvalue weighted by molar-refractivity contribution is -0.117. The minimum atomic E-state index is -0.123. The van der Waals surface area contributed by atoms with Gasteiger partial charge in [-0.15, -0.1) is 11.3 Å². The third-order valence-electron chi connectivity index (χ3n) is 3.01. The highest BCUT2D eigenvalue weighted by Gasteiger charge is 2.16. The molecule has 4 heteroatoms. The Morgan fingerprint density at radius 1 is 1.26 bits per heavy atom. The summed E-state index contributed by atoms with van der Waals surface area (Å²) in [5.41, 5.74) is 1.97. The smallest absolute Gasteiger partial charge is 0.232 e. The van der Waals surface area contributed by atoms with Gasteiger partial charge in [0.2, 0.25) is 5.91 Å². The number of para-hydroxylation sites is 1. The Morgan fingerprint density at radius 3 is 2.74 bits per heavy atom. The molecule has 0 spiro atoms. The molecule has 1 atom stereocenters. The van der Waals surface area contributed by atoms with E-state index in [1.807, 2.05) is 55.7 Å². The zero-order valence-electron chi connectivity index (χ0n) is 11.1. The second kappa shape index (κ2) is 6.50. The third-order valence-corrected chi connectivity index (χ3v) is 4.06. The van der Waals surface area contributed by atoms with E-state index in [4.69, 9.17) is 0 Å². The number of anilines is 1. The normalized spacial score (nSPS) is 12.1. The summed E-state index contributed by atoms with van der Waals surface area (Å²) in [4.78, 5) is 13.3. The van der Waals surface area contributed by atoms with Crippen molar-refractivity contribution in [1.82, 2.24) is 5.32 Å². The summed E-state index contributed by atoms with van der Waals surface area (Å²) in [5, 5.41) is 8.11. The van der Waals surface area contributed by atoms with Gasteiger partial charge in [0.25, 0.3) is 0 Å². The largest absolute Gasteiger partial charge is 0.325 e. The second-order valence-electron chi connectivity index (χ2n) is 4.41. The van der Waals surface area contributed by atoms with Crippen LogP contribution in [0.5, 0.6) is 0 Å². The number of hydrogen-bond donors (Lipinski definition) is 2. The number of nitrogens with one attached hydrogen (secondary N) is 2. The molecule has 1 heterocycles. The minimum Gasteiger partial charge on any atom is -0.325 e. The molecule has 0 radical (unpaired) electrons. The summed E-state index contributed by atoms with van der Waals surface area (Å²) in [6, 6.07) is 11.8. The first-order chi connectivity index (χ1) is 9.22. The second-order valence-corrected chi connectivity index (χ2v) is 5.39. The van der Waals surface area contributed by atoms with Crippen LogP contribution < -0.4 is 10.6 Å². The van der Waals surface area contributed by atoms with Crippen LogP contribution in [0, 0.1) is 0 Å². The number of amides is 1. The Hall–Kier alpha value is -1.65. The van der Waals surface area contributed by atoms with Gasteiger partial charge in [-0.3, -0.25) is 4.79 Å². The van der Waals surface area contributed by atoms with Crippen LogP contribution in [0.1, 0.15) is 23.3 Å². The molecule has 0 bridgehead atoms. The maximum atomic E-state index is 12.2. The molecular weight excluding hydrogens is 256 g/mol. The van der Waals surface area contributed by atoms with E-state index in [1.165, 1.54) is 0 Å². The molecule has 3 nitrogen and oxygen atoms in total. The monoisotopic (exact) mass is 274 g/mol. The van der Waals surface area contributed by atoms with Crippen molar-refractivity contribution in [3.05, 3.63) is 52.2 Å². The standard InChI is InChI=1S/C15H18N2OS/c1-11(14-8-5-9-19-14)15(18)17-13-7-4-3-6-12(13)10-16-2/h3-9,11,16H,10H2,1-2H3,(H,17,18)/t11-/m0/s1. The number of carbonyl (C=O) groups is 1. The number of rotatable bonds is 5. The predicted octanol–water partition coefficient (Wildman–Crippen LogP) is 3.21. The maximum absolute atomic E-state index is 12.2. The van der Waals surface area contributed by atoms with Crippen molar-refractivity contribution in [3.8, 4) is 0 Å². The summed E-state index contributed by atoms with van der Waals surface area (Å²) in [6.07, 6.45) is 0. The van der Waals surface area contributed by atoms with Crippen molar-refractivity contribution >= 4 is 22.9 Å². The Kier molecular flexibility index (Phi) is 4.71. The van der Waals surface area contributed by atoms with E-state index >= 15 is 0 Å². The van der Waals surface area contributed by atoms with Crippen molar-refractivity contribution in [2.75, 3.05) is 12.4 Å². The zero-order chi connectivity index (χ0) is 13.7. The maximum Gasteiger partial charge on any atom is 0.232 e. The first kappa shape index (κ1) is 13.8. The summed E-state index contributed by atoms with van der Waals surface area (Å²) in [7, 11) is 1.90. The van der Waals surface area contributed by atoms with Crippen LogP contribution in [0.2, 0.25) is 0 Å². The molecule has 100 valence electrons. The fourth-order valence-electron chi connectivity index (χ4n) is 1.89. The van der Waals surface area contributed by atoms with E-state index in [1.54, 1.807) is 11.3 Å². The Labute approximate surface area is 117 Å². The SMILES string of the molecule is CNCc1ccccc1NC(=O)[C@@H](C)c1cccs1. The Morgan fingerprint density at radius 2 is 2.05 bits per heavy atom. The molecule has 0 fully saturated rings. The van der Waals surface area contributed by atoms with E-state index in [9.17, 15) is 4.79 Å². The number of benzene rings is 1. The predicted molar refractivity (Wildman–Crippen MR) is 80.6 cm³/mol. The average molecular weight is 274 g/mol. The van der Waals surface area contributed by atoms with Crippen molar-refractivity contribution < 1.29 is 4.79 Å². The molecule has 1 aromatic carbocycles. The highest BCUT2D eigenvalue weighted by atomic mass is 32.1. The minimum absolute atomic E-state index is 0.0333. The number of thiophene rings is 1. The molecule has 0 unspecified atom stereocenters. The molecule has 1 amide bonds. The van der Waals surface area contributed by atoms with E-state index in [-0.39, 0.29) is 11.8 Å². The van der Waals surface area contributed by atoms with Gasteiger partial charge in [0.1, 0.15) is 0 Å². The van der Waals surface area contributed by atoms with Crippen molar-refractivity contribution in [2.24, 2.45) is 0 Å². The van der Waals surface area contributed by atoms with Crippen LogP contribution in [0.3, 0.4) is 0 Å². The van der Waals surface area contributed by atoms with Crippen LogP contribution in [-0.4, -0.2) is 13.0 Å². The van der Waals surface area contributed by atoms with Crippen LogP contribution in [0.25, 0.3) is 0 Å². The summed E-state index contributed by atoms with van der Waals surface area (Å²) >= 11 is 1.61. The zero-order valence-corrected chi connectivity index (χ0v) is 12.0. The first-order valence-electron chi connectivity index (χ1n) is 6.29. The van der Waals surface area contributed by atoms with Crippen LogP contribution >= 0.6 is 11.3 Å². The Bertz CT molecular complexity index is 537. The fraction of sp³-hybridized carbons (Fsp3) is 0.267. The van der Waals surface area contributed by atoms with Gasteiger partial charge < -0.3 is 10.6 Å². The lowest BCUT2D eigenvalue weighted by Gasteiger charge is -2.14. The third kappa shape index (κ3) is 3.43. The molecule has 2 N–H and O–H groups in total. The Balaban J connectivity index is 2.10. The van der Waals surface area contributed by atoms with E-state index < -0.39 is 0 Å². The van der Waals surface area contributed by atoms with Gasteiger partial charge in [-0.05, 0) is 37.0 Å². The highest BCUT2D eigenvalue weighted by Crippen LogP contribution is 2.23. The molecule has 1 aromatic heterocycles. The van der Waals surface area contributed by atoms with Gasteiger partial charge in [-0.25, -0.2) is 0 Å². The quantitative estimate of drug-likeness (QED) is 0.879. The molecule has 0 aliphatic carbocycles. The van der Waals surface area contributed by atoms with Gasteiger partial charge >= 0.3 is 0 Å². The van der Waals surface area contributed by atoms with Crippen molar-refractivity contribution in [3.63, 3.8) is 0 Å². The fourth-order valence-corrected chi connectivity index (χ4v) is 2.68. The lowest BCUT2D eigenvalue weighted by atomic mass is 10.1. The molecule has 0 saturated heterocycles. The number of carbonyl (C=O) groups excluding carboxylic acids is 1. The van der Waals surface area contributed by atoms with Gasteiger partial charge in [0.15, 0.2) is 0 Å². The summed E-state index contributed by atoms with van der Waals surface area (Å²) in [5.74, 6) is -0.0892. The van der Waals surface area contributed by atoms with Crippen LogP contribution in [0.4, 0.5) is 5.69 Å². The van der Waals surface area contributed by atoms with Crippen molar-refractivity contribution in [1.29, 1.82) is 0 Å². The molecule has 19 heavy (non-hydrogen) atoms. The molecule has 2 rings (SSSR count). The topological polar surface area (TPSA) is 41.1 Å². The molecule has 0 aliphatic rings. The van der Waals surface area contributed by atoms with Gasteiger partial charge in [-0.1, -0.05) is 24.3 Å². The number of hydrogen-bond acceptors (Lipinski definition) is 3. The average Bonchev–Trinajstić information content (AvgIpc) is 2.94. The van der Waals surface area contributed by atoms with Crippen molar-refractivity contribution in [2.45, 2.75) is 19.4 Å². The highest BCUT2D eigenvalue weighted by molar-refractivity contribution is 7.10. The van der Waals surface area contributed by atoms with Crippen LogP contribution in [-0.2, 0) is 11.3 Å². The molecule has 2 aromatic rings. The summed E-state index contributed by atoms with van der Waals surface area (Å²) in [6.45, 7) is 2.67. The molecule has 0 saturated carbocycles. The van der Waals surface area contributed by atoms with E-state index in [0.717, 1.165) is 22.7 Å². The summed E-state index contributed by atoms with van der Waals surface area (Å²) < 4.78 is 0. The lowest BCUT2D eigenvalue weighted by Crippen LogP contribution is -2.19. The van der Waals surface area contributed by atoms with E-state index in [2.05, 4.69) is 10.6 Å².